The Morgan fingerprint density at radius 2 is 1.14 bits per heavy atom. The van der Waals surface area contributed by atoms with E-state index in [1.165, 1.54) is 99.9 Å². The van der Waals surface area contributed by atoms with Crippen LogP contribution in [0, 0.1) is 13.8 Å². The van der Waals surface area contributed by atoms with Gasteiger partial charge in [0.25, 0.3) is 0 Å². The predicted octanol–water partition coefficient (Wildman–Crippen LogP) is 8.51. The number of carbonyl (C=O) groups excluding carboxylic acids is 2. The Bertz CT molecular complexity index is 2440. The number of aryl methyl sites for hydroxylation is 2. The molecule has 0 spiro atoms. The van der Waals surface area contributed by atoms with Gasteiger partial charge in [0.2, 0.25) is 0 Å². The average Bonchev–Trinajstić information content (AvgIpc) is 3.92. The quantitative estimate of drug-likeness (QED) is 0.0624. The van der Waals surface area contributed by atoms with Crippen LogP contribution in [0.5, 0.6) is 0 Å². The van der Waals surface area contributed by atoms with Gasteiger partial charge in [0.15, 0.2) is 5.78 Å². The first-order chi connectivity index (χ1) is 33.8. The van der Waals surface area contributed by atoms with E-state index < -0.39 is 5.54 Å². The largest absolute Gasteiger partial charge is 1.00 e. The number of aliphatic imine (C=N–C) groups is 1. The van der Waals surface area contributed by atoms with Crippen LogP contribution in [0.3, 0.4) is 0 Å². The summed E-state index contributed by atoms with van der Waals surface area (Å²) in [5.41, 5.74) is 16.7. The van der Waals surface area contributed by atoms with Gasteiger partial charge >= 0.3 is 68.9 Å². The van der Waals surface area contributed by atoms with Crippen LogP contribution < -0.4 is 91.6 Å². The molecule has 1 saturated heterocycles. The molecule has 5 N–H and O–H groups in total. The summed E-state index contributed by atoms with van der Waals surface area (Å²) in [4.78, 5) is 27.0. The summed E-state index contributed by atoms with van der Waals surface area (Å²) in [5.74, 6) is 0.187. The van der Waals surface area contributed by atoms with E-state index >= 15 is 0 Å². The zero-order chi connectivity index (χ0) is 50.9. The molecule has 1 unspecified atom stereocenters. The normalized spacial score (nSPS) is 13.9. The van der Waals surface area contributed by atoms with Gasteiger partial charge in [-0.15, -0.1) is 0 Å². The van der Waals surface area contributed by atoms with Gasteiger partial charge in [-0.1, -0.05) is 185 Å². The first kappa shape index (κ1) is 71.7. The van der Waals surface area contributed by atoms with E-state index in [1.807, 2.05) is 87.6 Å². The van der Waals surface area contributed by atoms with Gasteiger partial charge in [-0.3, -0.25) is 14.6 Å². The molecule has 6 aromatic carbocycles. The van der Waals surface area contributed by atoms with Crippen molar-refractivity contribution >= 4 is 55.3 Å². The number of carbonyl (C=O) groups is 2. The summed E-state index contributed by atoms with van der Waals surface area (Å²) in [6.07, 6.45) is 12.4. The summed E-state index contributed by atoms with van der Waals surface area (Å²) in [6, 6.07) is 42.6. The fourth-order valence-electron chi connectivity index (χ4n) is 9.52. The Morgan fingerprint density at radius 1 is 0.716 bits per heavy atom. The van der Waals surface area contributed by atoms with Crippen LogP contribution in [0.25, 0.3) is 32.7 Å². The average molecular weight is 1260 g/mol. The first-order valence-corrected chi connectivity index (χ1v) is 27.3. The first-order valence-electron chi connectivity index (χ1n) is 26.2. The third-order valence-electron chi connectivity index (χ3n) is 13.7. The van der Waals surface area contributed by atoms with E-state index in [-0.39, 0.29) is 114 Å². The van der Waals surface area contributed by atoms with Crippen LogP contribution in [0.15, 0.2) is 126 Å². The van der Waals surface area contributed by atoms with Crippen LogP contribution in [-0.4, -0.2) is 76.4 Å². The van der Waals surface area contributed by atoms with Gasteiger partial charge in [0, 0.05) is 36.1 Å². The molecule has 0 saturated carbocycles. The van der Waals surface area contributed by atoms with E-state index in [4.69, 9.17) is 10.5 Å². The summed E-state index contributed by atoms with van der Waals surface area (Å²) in [6.45, 7) is 25.4. The number of halogens is 2. The topological polar surface area (TPSA) is 143 Å². The summed E-state index contributed by atoms with van der Waals surface area (Å²) < 4.78 is 6.14. The molecule has 8 nitrogen and oxygen atoms in total. The second kappa shape index (κ2) is 38.3. The van der Waals surface area contributed by atoms with Crippen molar-refractivity contribution in [2.75, 3.05) is 31.6 Å². The molecule has 2 aliphatic rings. The minimum atomic E-state index is -0.693. The molecule has 0 aromatic heterocycles. The van der Waals surface area contributed by atoms with Gasteiger partial charge in [0.1, 0.15) is 24.9 Å². The zero-order valence-corrected chi connectivity index (χ0v) is 56.1. The molecule has 74 heavy (non-hydrogen) atoms. The molecule has 11 heteroatoms. The van der Waals surface area contributed by atoms with Crippen LogP contribution in [-0.2, 0) is 40.3 Å². The SMILES string of the molecule is C1CCOC1.CCBr.CCC=NC(Cc1ccccc1)C(C)=O.CCCC[N+]1(CCCC)Cc2c(C)cc3ccccc3c2-c2c(c(C)cc3ccccc23)C1.CC[C@](N)(Cc1ccccc1)C(C)=O.O.[Br-].[Cs+].[OH-]. The second-order valence-electron chi connectivity index (χ2n) is 19.2. The predicted molar refractivity (Wildman–Crippen MR) is 310 cm³/mol. The van der Waals surface area contributed by atoms with Crippen molar-refractivity contribution < 1.29 is 116 Å². The minimum absolute atomic E-state index is 0. The van der Waals surface area contributed by atoms with E-state index in [0.717, 1.165) is 49.2 Å². The number of rotatable bonds is 15. The van der Waals surface area contributed by atoms with Gasteiger partial charge in [-0.05, 0) is 134 Å². The van der Waals surface area contributed by atoms with Crippen molar-refractivity contribution in [3.05, 3.63) is 155 Å². The van der Waals surface area contributed by atoms with Crippen molar-refractivity contribution in [2.45, 2.75) is 151 Å². The van der Waals surface area contributed by atoms with Gasteiger partial charge < -0.3 is 42.9 Å². The zero-order valence-electron chi connectivity index (χ0n) is 46.6. The number of ketones is 2. The van der Waals surface area contributed by atoms with Crippen molar-refractivity contribution in [2.24, 2.45) is 10.7 Å². The van der Waals surface area contributed by atoms with Gasteiger partial charge in [-0.2, -0.15) is 0 Å². The molecule has 2 heterocycles. The third kappa shape index (κ3) is 21.8. The molecule has 8 rings (SSSR count). The molecule has 6 aromatic rings. The van der Waals surface area contributed by atoms with Crippen molar-refractivity contribution in [1.29, 1.82) is 0 Å². The fourth-order valence-corrected chi connectivity index (χ4v) is 9.52. The number of nitrogens with two attached hydrogens (primary N) is 1. The number of quaternary nitrogens is 1. The fraction of sp³-hybridized carbons (Fsp3) is 0.444. The molecule has 2 aliphatic heterocycles. The number of nitrogens with zero attached hydrogens (tertiary/aromatic N) is 2. The van der Waals surface area contributed by atoms with E-state index in [1.54, 1.807) is 25.0 Å². The number of hydrogen-bond donors (Lipinski definition) is 1. The number of fused-ring (bicyclic) bond motifs is 7. The minimum Gasteiger partial charge on any atom is -1.00 e. The van der Waals surface area contributed by atoms with Gasteiger partial charge in [0.05, 0.1) is 18.6 Å². The monoisotopic (exact) mass is 1260 g/mol. The molecule has 0 bridgehead atoms. The van der Waals surface area contributed by atoms with Crippen LogP contribution in [0.2, 0.25) is 0 Å². The van der Waals surface area contributed by atoms with Crippen LogP contribution >= 0.6 is 15.9 Å². The summed E-state index contributed by atoms with van der Waals surface area (Å²) >= 11 is 3.15. The van der Waals surface area contributed by atoms with E-state index in [2.05, 4.69) is 109 Å². The Kier molecular flexibility index (Phi) is 37.1. The smallest absolute Gasteiger partial charge is 1.00 e. The summed E-state index contributed by atoms with van der Waals surface area (Å²) in [5, 5.41) is 6.63. The Balaban J connectivity index is 0.00000109. The molecular formula is C63H88Br2CsN3O5. The van der Waals surface area contributed by atoms with Crippen molar-refractivity contribution in [3.8, 4) is 11.1 Å². The molecule has 400 valence electrons. The maximum atomic E-state index is 11.4. The number of ether oxygens (including phenoxy) is 1. The molecular weight excluding hydrogens is 1170 g/mol. The number of alkyl halides is 1. The van der Waals surface area contributed by atoms with Crippen molar-refractivity contribution in [3.63, 3.8) is 0 Å². The van der Waals surface area contributed by atoms with Crippen molar-refractivity contribution in [1.82, 2.24) is 0 Å². The number of benzene rings is 6. The third-order valence-corrected chi connectivity index (χ3v) is 13.7. The Morgan fingerprint density at radius 3 is 1.50 bits per heavy atom. The number of Topliss-reactive ketones (excluding diaryl/α,β-unsaturated/α-hetero) is 2. The van der Waals surface area contributed by atoms with Crippen LogP contribution in [0.4, 0.5) is 0 Å². The Labute approximate surface area is 524 Å². The maximum absolute atomic E-state index is 11.4. The van der Waals surface area contributed by atoms with E-state index in [0.29, 0.717) is 19.3 Å². The molecule has 2 atom stereocenters. The number of unbranched alkanes of at least 4 members (excludes halogenated alkanes) is 2. The standard InChI is InChI=1S/C32H38N.C13H17NO.C12H17NO.C4H8O.C2H5Br.BrH.Cs.2H2O/c1-5-7-17-33(18-8-6-2)21-29-23(3)19-25-13-9-11-15-27(25)31(29)32-28-16-12-10-14-26(28)20-24(4)30(32)22-33;1-3-9-14-13(11(2)15)10-12-7-5-4-6-8-12;1-3-12(13,10(2)14)9-11-7-5-4-6-8-11;1-2-4-5-3-1;1-2-3;;;;/h9-16,19-20H,5-8,17-18,21-22H2,1-4H3;4-9,13H,3,10H2,1-2H3;4-8H,3,9,13H2,1-2H3;1-4H2;2H2,1H3;1H;;2*1H2/q+1;;;;;;+1;;/p-2/t;;12-;;;;;;/m..0....../s1. The molecule has 1 fully saturated rings. The second-order valence-corrected chi connectivity index (χ2v) is 20.3. The number of hydrogen-bond acceptors (Lipinski definition) is 6. The van der Waals surface area contributed by atoms with Crippen LogP contribution in [0.1, 0.15) is 133 Å². The Hall–Kier alpha value is -2.34. The summed E-state index contributed by atoms with van der Waals surface area (Å²) in [7, 11) is 0. The maximum Gasteiger partial charge on any atom is 1.00 e. The molecule has 0 aliphatic carbocycles. The molecule has 0 radical (unpaired) electrons. The molecule has 0 amide bonds. The van der Waals surface area contributed by atoms with E-state index in [9.17, 15) is 9.59 Å². The van der Waals surface area contributed by atoms with Gasteiger partial charge in [-0.25, -0.2) is 0 Å².